The zero-order valence-corrected chi connectivity index (χ0v) is 16.2. The molecule has 0 fully saturated rings. The maximum Gasteiger partial charge on any atom is 0.195 e. The van der Waals surface area contributed by atoms with Crippen LogP contribution < -0.4 is 10.6 Å². The summed E-state index contributed by atoms with van der Waals surface area (Å²) < 4.78 is 0. The summed E-state index contributed by atoms with van der Waals surface area (Å²) in [5.41, 5.74) is 7.73. The maximum atomic E-state index is 12.8. The first-order valence-electron chi connectivity index (χ1n) is 9.37. The van der Waals surface area contributed by atoms with Gasteiger partial charge < -0.3 is 36.2 Å². The molecule has 0 radical (unpaired) electrons. The minimum Gasteiger partial charge on any atom is -0.398 e. The van der Waals surface area contributed by atoms with E-state index in [2.05, 4.69) is 0 Å². The number of carbonyl (C=O) groups excluding carboxylic acids is 1. The van der Waals surface area contributed by atoms with Crippen LogP contribution in [0.5, 0.6) is 0 Å². The number of ketones is 1. The Hall–Kier alpha value is -2.49. The summed E-state index contributed by atoms with van der Waals surface area (Å²) >= 11 is 0. The van der Waals surface area contributed by atoms with Gasteiger partial charge in [-0.15, -0.1) is 0 Å². The summed E-state index contributed by atoms with van der Waals surface area (Å²) in [6.07, 6.45) is -6.33. The largest absolute Gasteiger partial charge is 0.398 e. The summed E-state index contributed by atoms with van der Waals surface area (Å²) in [5.74, 6) is -0.233. The summed E-state index contributed by atoms with van der Waals surface area (Å²) in [4.78, 5) is 14.5. The molecule has 7 N–H and O–H groups in total. The van der Waals surface area contributed by atoms with Crippen molar-refractivity contribution in [1.29, 1.82) is 0 Å². The van der Waals surface area contributed by atoms with E-state index in [0.717, 1.165) is 0 Å². The van der Waals surface area contributed by atoms with Crippen LogP contribution in [0.15, 0.2) is 48.5 Å². The van der Waals surface area contributed by atoms with Crippen molar-refractivity contribution in [3.8, 4) is 0 Å². The highest BCUT2D eigenvalue weighted by Gasteiger charge is 2.31. The third-order valence-corrected chi connectivity index (χ3v) is 4.80. The summed E-state index contributed by atoms with van der Waals surface area (Å²) in [6.45, 7) is 1.44. The normalized spacial score (nSPS) is 15.4. The second-order valence-corrected chi connectivity index (χ2v) is 6.80. The van der Waals surface area contributed by atoms with Crippen LogP contribution in [-0.2, 0) is 0 Å². The molecule has 0 saturated carbocycles. The quantitative estimate of drug-likeness (QED) is 0.235. The van der Waals surface area contributed by atoms with Crippen molar-refractivity contribution in [2.24, 2.45) is 0 Å². The van der Waals surface area contributed by atoms with Crippen molar-refractivity contribution >= 4 is 17.2 Å². The minimum absolute atomic E-state index is 0.0737. The second kappa shape index (κ2) is 10.3. The predicted octanol–water partition coefficient (Wildman–Crippen LogP) is -0.238. The van der Waals surface area contributed by atoms with E-state index in [-0.39, 0.29) is 12.3 Å². The molecule has 0 aliphatic rings. The third kappa shape index (κ3) is 5.53. The van der Waals surface area contributed by atoms with E-state index in [4.69, 9.17) is 10.8 Å². The molecule has 2 aromatic carbocycles. The first kappa shape index (κ1) is 22.8. The smallest absolute Gasteiger partial charge is 0.195 e. The molecule has 4 unspecified atom stereocenters. The van der Waals surface area contributed by atoms with Crippen LogP contribution in [0.2, 0.25) is 0 Å². The molecule has 158 valence electrons. The predicted molar refractivity (Wildman–Crippen MR) is 110 cm³/mol. The van der Waals surface area contributed by atoms with Crippen molar-refractivity contribution in [3.05, 3.63) is 59.7 Å². The Balaban J connectivity index is 2.22. The van der Waals surface area contributed by atoms with Crippen molar-refractivity contribution in [1.82, 2.24) is 0 Å². The number of nitrogens with two attached hydrogens (primary N) is 1. The highest BCUT2D eigenvalue weighted by Crippen LogP contribution is 2.24. The Morgan fingerprint density at radius 3 is 2.21 bits per heavy atom. The Bertz CT molecular complexity index is 801. The number of benzene rings is 2. The molecule has 0 spiro atoms. The van der Waals surface area contributed by atoms with Crippen LogP contribution in [0.4, 0.5) is 11.4 Å². The van der Waals surface area contributed by atoms with Gasteiger partial charge in [0.05, 0.1) is 12.7 Å². The fraction of sp³-hybridized carbons (Fsp3) is 0.381. The van der Waals surface area contributed by atoms with Gasteiger partial charge in [0.25, 0.3) is 0 Å². The van der Waals surface area contributed by atoms with Crippen LogP contribution in [-0.4, -0.2) is 75.4 Å². The summed E-state index contributed by atoms with van der Waals surface area (Å²) in [5, 5.41) is 48.4. The standard InChI is InChI=1S/C21H28N2O6/c1-2-23(11-17(25)20(28)21(29)18(26)12-24)14-8-9-16(22)15(10-14)19(27)13-6-4-3-5-7-13/h3-10,17-18,20-21,24-26,28-29H,2,11-12,22H2,1H3. The fourth-order valence-corrected chi connectivity index (χ4v) is 3.00. The highest BCUT2D eigenvalue weighted by atomic mass is 16.4. The molecule has 8 heteroatoms. The molecule has 0 aliphatic carbocycles. The van der Waals surface area contributed by atoms with Crippen molar-refractivity contribution in [2.75, 3.05) is 30.3 Å². The molecule has 29 heavy (non-hydrogen) atoms. The summed E-state index contributed by atoms with van der Waals surface area (Å²) in [6, 6.07) is 13.6. The molecular formula is C21H28N2O6. The third-order valence-electron chi connectivity index (χ3n) is 4.80. The van der Waals surface area contributed by atoms with Gasteiger partial charge in [-0.05, 0) is 25.1 Å². The first-order chi connectivity index (χ1) is 13.8. The Kier molecular flexibility index (Phi) is 8.12. The number of hydrogen-bond acceptors (Lipinski definition) is 8. The fourth-order valence-electron chi connectivity index (χ4n) is 3.00. The number of carbonyl (C=O) groups is 1. The van der Waals surface area contributed by atoms with Crippen LogP contribution in [0, 0.1) is 0 Å². The topological polar surface area (TPSA) is 147 Å². The van der Waals surface area contributed by atoms with Gasteiger partial charge in [0.2, 0.25) is 0 Å². The van der Waals surface area contributed by atoms with Gasteiger partial charge in [0, 0.05) is 35.6 Å². The second-order valence-electron chi connectivity index (χ2n) is 6.80. The number of nitrogen functional groups attached to an aromatic ring is 1. The van der Waals surface area contributed by atoms with Crippen LogP contribution >= 0.6 is 0 Å². The highest BCUT2D eigenvalue weighted by molar-refractivity contribution is 6.12. The molecule has 4 atom stereocenters. The molecule has 2 rings (SSSR count). The zero-order chi connectivity index (χ0) is 21.6. The Morgan fingerprint density at radius 1 is 1.00 bits per heavy atom. The molecule has 0 bridgehead atoms. The Labute approximate surface area is 169 Å². The van der Waals surface area contributed by atoms with Gasteiger partial charge >= 0.3 is 0 Å². The molecule has 2 aromatic rings. The monoisotopic (exact) mass is 404 g/mol. The van der Waals surface area contributed by atoms with Gasteiger partial charge in [-0.25, -0.2) is 0 Å². The first-order valence-corrected chi connectivity index (χ1v) is 9.37. The van der Waals surface area contributed by atoms with Crippen LogP contribution in [0.3, 0.4) is 0 Å². The lowest BCUT2D eigenvalue weighted by Crippen LogP contribution is -2.49. The number of aliphatic hydroxyl groups excluding tert-OH is 5. The van der Waals surface area contributed by atoms with E-state index in [1.807, 2.05) is 13.0 Å². The zero-order valence-electron chi connectivity index (χ0n) is 16.2. The van der Waals surface area contributed by atoms with E-state index < -0.39 is 31.0 Å². The Morgan fingerprint density at radius 2 is 1.62 bits per heavy atom. The van der Waals surface area contributed by atoms with Crippen LogP contribution in [0.1, 0.15) is 22.8 Å². The van der Waals surface area contributed by atoms with E-state index in [9.17, 15) is 25.2 Å². The maximum absolute atomic E-state index is 12.8. The van der Waals surface area contributed by atoms with Gasteiger partial charge in [0.15, 0.2) is 5.78 Å². The van der Waals surface area contributed by atoms with Crippen molar-refractivity contribution < 1.29 is 30.3 Å². The number of likely N-dealkylation sites (N-methyl/N-ethyl adjacent to an activating group) is 1. The lowest BCUT2D eigenvalue weighted by atomic mass is 10.00. The molecule has 0 saturated heterocycles. The van der Waals surface area contributed by atoms with E-state index >= 15 is 0 Å². The van der Waals surface area contributed by atoms with Crippen molar-refractivity contribution in [2.45, 2.75) is 31.3 Å². The molecule has 0 aromatic heterocycles. The van der Waals surface area contributed by atoms with Gasteiger partial charge in [-0.2, -0.15) is 0 Å². The van der Waals surface area contributed by atoms with E-state index in [1.165, 1.54) is 0 Å². The SMILES string of the molecule is CCN(CC(O)C(O)C(O)C(O)CO)c1ccc(N)c(C(=O)c2ccccc2)c1. The van der Waals surface area contributed by atoms with Gasteiger partial charge in [0.1, 0.15) is 18.3 Å². The number of rotatable bonds is 10. The van der Waals surface area contributed by atoms with Crippen molar-refractivity contribution in [3.63, 3.8) is 0 Å². The average molecular weight is 404 g/mol. The number of nitrogens with zero attached hydrogens (tertiary/aromatic N) is 1. The van der Waals surface area contributed by atoms with Gasteiger partial charge in [-0.1, -0.05) is 30.3 Å². The lowest BCUT2D eigenvalue weighted by Gasteiger charge is -2.31. The van der Waals surface area contributed by atoms with E-state index in [1.54, 1.807) is 47.4 Å². The molecule has 0 heterocycles. The average Bonchev–Trinajstić information content (AvgIpc) is 2.76. The number of hydrogen-bond donors (Lipinski definition) is 6. The number of anilines is 2. The number of aliphatic hydroxyl groups is 5. The minimum atomic E-state index is -1.70. The lowest BCUT2D eigenvalue weighted by molar-refractivity contribution is -0.112. The van der Waals surface area contributed by atoms with Gasteiger partial charge in [-0.3, -0.25) is 4.79 Å². The molecule has 0 amide bonds. The molecule has 0 aliphatic heterocycles. The van der Waals surface area contributed by atoms with E-state index in [0.29, 0.717) is 29.0 Å². The molecule has 8 nitrogen and oxygen atoms in total. The summed E-state index contributed by atoms with van der Waals surface area (Å²) in [7, 11) is 0. The molecular weight excluding hydrogens is 376 g/mol. The van der Waals surface area contributed by atoms with Crippen LogP contribution in [0.25, 0.3) is 0 Å².